The zero-order valence-electron chi connectivity index (χ0n) is 14.9. The Balaban J connectivity index is 1.59. The van der Waals surface area contributed by atoms with E-state index in [1.807, 2.05) is 61.5 Å². The van der Waals surface area contributed by atoms with Crippen molar-refractivity contribution in [1.29, 1.82) is 0 Å². The molecule has 1 amide bonds. The van der Waals surface area contributed by atoms with Crippen LogP contribution in [0.25, 0.3) is 0 Å². The SMILES string of the molecule is CCc1nc(N)sc1C(=O)N/N=C/c1cccc(OCc2ccccc2)c1. The number of carbonyl (C=O) groups excluding carboxylic acids is 1. The van der Waals surface area contributed by atoms with Crippen LogP contribution < -0.4 is 15.9 Å². The van der Waals surface area contributed by atoms with Gasteiger partial charge in [0.05, 0.1) is 11.9 Å². The maximum Gasteiger partial charge on any atom is 0.283 e. The average molecular weight is 380 g/mol. The summed E-state index contributed by atoms with van der Waals surface area (Å²) in [5.41, 5.74) is 10.8. The molecule has 27 heavy (non-hydrogen) atoms. The average Bonchev–Trinajstić information content (AvgIpc) is 3.08. The normalized spacial score (nSPS) is 10.9. The van der Waals surface area contributed by atoms with Crippen molar-refractivity contribution in [3.05, 3.63) is 76.3 Å². The highest BCUT2D eigenvalue weighted by Crippen LogP contribution is 2.20. The summed E-state index contributed by atoms with van der Waals surface area (Å²) in [7, 11) is 0. The van der Waals surface area contributed by atoms with E-state index in [2.05, 4.69) is 15.5 Å². The van der Waals surface area contributed by atoms with Gasteiger partial charge in [0, 0.05) is 0 Å². The van der Waals surface area contributed by atoms with Crippen LogP contribution in [-0.4, -0.2) is 17.1 Å². The summed E-state index contributed by atoms with van der Waals surface area (Å²) in [5.74, 6) is 0.423. The number of aryl methyl sites for hydroxylation is 1. The third-order valence-corrected chi connectivity index (χ3v) is 4.67. The van der Waals surface area contributed by atoms with Gasteiger partial charge in [0.2, 0.25) is 0 Å². The van der Waals surface area contributed by atoms with Crippen molar-refractivity contribution in [2.75, 3.05) is 5.73 Å². The number of ether oxygens (including phenoxy) is 1. The van der Waals surface area contributed by atoms with E-state index < -0.39 is 0 Å². The molecule has 0 fully saturated rings. The molecule has 1 heterocycles. The maximum absolute atomic E-state index is 12.2. The number of amides is 1. The number of carbonyl (C=O) groups is 1. The zero-order valence-corrected chi connectivity index (χ0v) is 15.7. The molecule has 0 unspecified atom stereocenters. The molecule has 0 aliphatic carbocycles. The van der Waals surface area contributed by atoms with Crippen molar-refractivity contribution in [3.63, 3.8) is 0 Å². The van der Waals surface area contributed by atoms with Crippen molar-refractivity contribution in [3.8, 4) is 5.75 Å². The first-order valence-electron chi connectivity index (χ1n) is 8.51. The molecule has 0 bridgehead atoms. The van der Waals surface area contributed by atoms with Crippen LogP contribution in [0.2, 0.25) is 0 Å². The van der Waals surface area contributed by atoms with E-state index in [1.165, 1.54) is 0 Å². The van der Waals surface area contributed by atoms with Crippen LogP contribution in [0.1, 0.15) is 33.4 Å². The molecule has 0 saturated heterocycles. The highest BCUT2D eigenvalue weighted by molar-refractivity contribution is 7.17. The molecule has 2 aromatic carbocycles. The largest absolute Gasteiger partial charge is 0.489 e. The molecule has 0 radical (unpaired) electrons. The Bertz CT molecular complexity index is 938. The molecule has 0 spiro atoms. The second-order valence-corrected chi connectivity index (χ2v) is 6.76. The number of anilines is 1. The van der Waals surface area contributed by atoms with Crippen molar-refractivity contribution in [2.24, 2.45) is 5.10 Å². The van der Waals surface area contributed by atoms with Crippen LogP contribution in [0, 0.1) is 0 Å². The molecule has 0 saturated carbocycles. The van der Waals surface area contributed by atoms with Gasteiger partial charge >= 0.3 is 0 Å². The fourth-order valence-electron chi connectivity index (χ4n) is 2.43. The minimum absolute atomic E-state index is 0.311. The first-order valence-corrected chi connectivity index (χ1v) is 9.32. The van der Waals surface area contributed by atoms with Crippen LogP contribution in [0.3, 0.4) is 0 Å². The fourth-order valence-corrected chi connectivity index (χ4v) is 3.24. The van der Waals surface area contributed by atoms with Crippen molar-refractivity contribution in [1.82, 2.24) is 10.4 Å². The van der Waals surface area contributed by atoms with E-state index in [0.29, 0.717) is 28.7 Å². The van der Waals surface area contributed by atoms with Crippen molar-refractivity contribution < 1.29 is 9.53 Å². The smallest absolute Gasteiger partial charge is 0.283 e. The number of nitrogen functional groups attached to an aromatic ring is 1. The molecule has 3 N–H and O–H groups in total. The third kappa shape index (κ3) is 5.15. The Kier molecular flexibility index (Phi) is 6.17. The Labute approximate surface area is 161 Å². The second kappa shape index (κ2) is 8.95. The molecule has 0 aliphatic heterocycles. The highest BCUT2D eigenvalue weighted by atomic mass is 32.1. The van der Waals surface area contributed by atoms with Crippen LogP contribution in [0.5, 0.6) is 5.75 Å². The van der Waals surface area contributed by atoms with Gasteiger partial charge in [0.25, 0.3) is 5.91 Å². The van der Waals surface area contributed by atoms with E-state index in [-0.39, 0.29) is 5.91 Å². The maximum atomic E-state index is 12.2. The van der Waals surface area contributed by atoms with Crippen LogP contribution in [0.15, 0.2) is 59.7 Å². The Morgan fingerprint density at radius 1 is 1.26 bits per heavy atom. The van der Waals surface area contributed by atoms with Gasteiger partial charge in [-0.2, -0.15) is 5.10 Å². The van der Waals surface area contributed by atoms with Gasteiger partial charge < -0.3 is 10.5 Å². The predicted molar refractivity (Wildman–Crippen MR) is 108 cm³/mol. The number of nitrogens with zero attached hydrogens (tertiary/aromatic N) is 2. The summed E-state index contributed by atoms with van der Waals surface area (Å²) in [6.45, 7) is 2.42. The monoisotopic (exact) mass is 380 g/mol. The number of aromatic nitrogens is 1. The molecule has 7 heteroatoms. The van der Waals surface area contributed by atoms with Gasteiger partial charge in [0.1, 0.15) is 17.2 Å². The third-order valence-electron chi connectivity index (χ3n) is 3.74. The molecule has 138 valence electrons. The Morgan fingerprint density at radius 2 is 2.07 bits per heavy atom. The summed E-state index contributed by atoms with van der Waals surface area (Å²) in [6, 6.07) is 17.5. The van der Waals surface area contributed by atoms with E-state index >= 15 is 0 Å². The molecule has 0 aliphatic rings. The minimum atomic E-state index is -0.311. The van der Waals surface area contributed by atoms with E-state index in [4.69, 9.17) is 10.5 Å². The quantitative estimate of drug-likeness (QED) is 0.484. The molecular weight excluding hydrogens is 360 g/mol. The minimum Gasteiger partial charge on any atom is -0.489 e. The summed E-state index contributed by atoms with van der Waals surface area (Å²) in [6.07, 6.45) is 2.21. The van der Waals surface area contributed by atoms with Gasteiger partial charge in [-0.05, 0) is 29.7 Å². The van der Waals surface area contributed by atoms with Crippen LogP contribution in [0.4, 0.5) is 5.13 Å². The Hall–Kier alpha value is -3.19. The number of hydrogen-bond donors (Lipinski definition) is 2. The van der Waals surface area contributed by atoms with E-state index in [0.717, 1.165) is 28.2 Å². The lowest BCUT2D eigenvalue weighted by Crippen LogP contribution is -2.17. The number of rotatable bonds is 7. The Morgan fingerprint density at radius 3 is 2.85 bits per heavy atom. The molecular formula is C20H20N4O2S. The van der Waals surface area contributed by atoms with Gasteiger partial charge in [0.15, 0.2) is 5.13 Å². The van der Waals surface area contributed by atoms with Gasteiger partial charge in [-0.25, -0.2) is 10.4 Å². The van der Waals surface area contributed by atoms with Gasteiger partial charge in [-0.1, -0.05) is 60.7 Å². The molecule has 3 rings (SSSR count). The lowest BCUT2D eigenvalue weighted by molar-refractivity contribution is 0.0958. The molecule has 0 atom stereocenters. The number of hydrazone groups is 1. The van der Waals surface area contributed by atoms with Gasteiger partial charge in [-0.3, -0.25) is 4.79 Å². The fraction of sp³-hybridized carbons (Fsp3) is 0.150. The summed E-state index contributed by atoms with van der Waals surface area (Å²) < 4.78 is 5.79. The van der Waals surface area contributed by atoms with Gasteiger partial charge in [-0.15, -0.1) is 0 Å². The number of benzene rings is 2. The molecule has 6 nitrogen and oxygen atoms in total. The second-order valence-electron chi connectivity index (χ2n) is 5.73. The molecule has 1 aromatic heterocycles. The van der Waals surface area contributed by atoms with E-state index in [9.17, 15) is 4.79 Å². The lowest BCUT2D eigenvalue weighted by Gasteiger charge is -2.06. The van der Waals surface area contributed by atoms with Crippen molar-refractivity contribution in [2.45, 2.75) is 20.0 Å². The predicted octanol–water partition coefficient (Wildman–Crippen LogP) is 3.63. The number of thiazole rings is 1. The first-order chi connectivity index (χ1) is 13.2. The summed E-state index contributed by atoms with van der Waals surface area (Å²) in [4.78, 5) is 16.9. The zero-order chi connectivity index (χ0) is 19.1. The number of nitrogens with one attached hydrogen (secondary N) is 1. The van der Waals surface area contributed by atoms with Crippen LogP contribution in [-0.2, 0) is 13.0 Å². The highest BCUT2D eigenvalue weighted by Gasteiger charge is 2.15. The number of nitrogens with two attached hydrogens (primary N) is 1. The molecule has 3 aromatic rings. The summed E-state index contributed by atoms with van der Waals surface area (Å²) in [5, 5.41) is 4.40. The first kappa shape index (κ1) is 18.6. The van der Waals surface area contributed by atoms with Crippen molar-refractivity contribution >= 4 is 28.6 Å². The lowest BCUT2D eigenvalue weighted by atomic mass is 10.2. The van der Waals surface area contributed by atoms with E-state index in [1.54, 1.807) is 6.21 Å². The standard InChI is InChI=1S/C20H20N4O2S/c1-2-17-18(27-20(21)23-17)19(25)24-22-12-15-9-6-10-16(11-15)26-13-14-7-4-3-5-8-14/h3-12H,2,13H2,1H3,(H2,21,23)(H,24,25)/b22-12+. The van der Waals surface area contributed by atoms with Crippen LogP contribution >= 0.6 is 11.3 Å². The summed E-state index contributed by atoms with van der Waals surface area (Å²) >= 11 is 1.16. The number of hydrogen-bond acceptors (Lipinski definition) is 6. The topological polar surface area (TPSA) is 89.6 Å².